The number of hydrogen-bond donors (Lipinski definition) is 2. The molecule has 1 rings (SSSR count). The van der Waals surface area contributed by atoms with E-state index in [4.69, 9.17) is 10.5 Å². The lowest BCUT2D eigenvalue weighted by molar-refractivity contribution is 0.0938. The Morgan fingerprint density at radius 2 is 2.50 bits per heavy atom. The Balaban J connectivity index is 2.56. The van der Waals surface area contributed by atoms with Crippen molar-refractivity contribution in [2.24, 2.45) is 0 Å². The molecule has 0 aromatic carbocycles. The fourth-order valence-electron chi connectivity index (χ4n) is 0.975. The summed E-state index contributed by atoms with van der Waals surface area (Å²) in [6.07, 6.45) is 2.98. The summed E-state index contributed by atoms with van der Waals surface area (Å²) in [6, 6.07) is 1.58. The number of anilines is 1. The standard InChI is InChI=1S/C9H13N3O2/c1-14-5-4-12-9(13)7-2-3-11-6-8(7)10/h2-3,6H,4-5,10H2,1H3,(H,12,13). The summed E-state index contributed by atoms with van der Waals surface area (Å²) in [5.74, 6) is -0.207. The number of hydrogen-bond acceptors (Lipinski definition) is 4. The number of nitrogens with one attached hydrogen (secondary N) is 1. The van der Waals surface area contributed by atoms with Crippen molar-refractivity contribution < 1.29 is 9.53 Å². The van der Waals surface area contributed by atoms with Gasteiger partial charge in [0, 0.05) is 19.9 Å². The van der Waals surface area contributed by atoms with Gasteiger partial charge in [-0.05, 0) is 6.07 Å². The molecule has 1 aromatic heterocycles. The highest BCUT2D eigenvalue weighted by Gasteiger charge is 2.07. The van der Waals surface area contributed by atoms with Crippen LogP contribution in [0.15, 0.2) is 18.5 Å². The number of rotatable bonds is 4. The van der Waals surface area contributed by atoms with Crippen LogP contribution in [0, 0.1) is 0 Å². The summed E-state index contributed by atoms with van der Waals surface area (Å²) in [7, 11) is 1.58. The molecule has 14 heavy (non-hydrogen) atoms. The van der Waals surface area contributed by atoms with E-state index in [1.165, 1.54) is 12.4 Å². The van der Waals surface area contributed by atoms with Gasteiger partial charge in [0.15, 0.2) is 0 Å². The number of aromatic nitrogens is 1. The molecule has 0 aliphatic rings. The fraction of sp³-hybridized carbons (Fsp3) is 0.333. The number of ether oxygens (including phenoxy) is 1. The quantitative estimate of drug-likeness (QED) is 0.665. The molecule has 1 amide bonds. The van der Waals surface area contributed by atoms with E-state index in [2.05, 4.69) is 10.3 Å². The molecule has 0 unspecified atom stereocenters. The van der Waals surface area contributed by atoms with Crippen LogP contribution in [0.2, 0.25) is 0 Å². The fourth-order valence-corrected chi connectivity index (χ4v) is 0.975. The first-order valence-corrected chi connectivity index (χ1v) is 4.22. The zero-order chi connectivity index (χ0) is 10.4. The molecule has 0 aliphatic heterocycles. The molecule has 0 saturated carbocycles. The molecule has 1 heterocycles. The van der Waals surface area contributed by atoms with E-state index in [9.17, 15) is 4.79 Å². The molecule has 0 atom stereocenters. The molecule has 5 nitrogen and oxygen atoms in total. The molecule has 0 aliphatic carbocycles. The minimum absolute atomic E-state index is 0.207. The van der Waals surface area contributed by atoms with Crippen LogP contribution >= 0.6 is 0 Å². The third kappa shape index (κ3) is 2.70. The first kappa shape index (κ1) is 10.5. The van der Waals surface area contributed by atoms with Gasteiger partial charge < -0.3 is 15.8 Å². The van der Waals surface area contributed by atoms with Crippen LogP contribution < -0.4 is 11.1 Å². The molecule has 76 valence electrons. The van der Waals surface area contributed by atoms with Crippen LogP contribution in [-0.2, 0) is 4.74 Å². The molecule has 0 saturated heterocycles. The monoisotopic (exact) mass is 195 g/mol. The highest BCUT2D eigenvalue weighted by molar-refractivity contribution is 5.98. The lowest BCUT2D eigenvalue weighted by Gasteiger charge is -2.05. The first-order valence-electron chi connectivity index (χ1n) is 4.22. The van der Waals surface area contributed by atoms with Crippen LogP contribution in [0.25, 0.3) is 0 Å². The molecule has 0 spiro atoms. The number of methoxy groups -OCH3 is 1. The average molecular weight is 195 g/mol. The van der Waals surface area contributed by atoms with Crippen LogP contribution in [0.1, 0.15) is 10.4 Å². The SMILES string of the molecule is COCCNC(=O)c1ccncc1N. The van der Waals surface area contributed by atoms with Gasteiger partial charge in [0.1, 0.15) is 0 Å². The molecule has 0 bridgehead atoms. The van der Waals surface area contributed by atoms with E-state index >= 15 is 0 Å². The van der Waals surface area contributed by atoms with Crippen LogP contribution in [0.5, 0.6) is 0 Å². The van der Waals surface area contributed by atoms with E-state index in [-0.39, 0.29) is 5.91 Å². The number of amides is 1. The van der Waals surface area contributed by atoms with Crippen molar-refractivity contribution in [1.29, 1.82) is 0 Å². The van der Waals surface area contributed by atoms with Gasteiger partial charge in [-0.25, -0.2) is 0 Å². The summed E-state index contributed by atoms with van der Waals surface area (Å²) in [4.78, 5) is 15.3. The van der Waals surface area contributed by atoms with E-state index in [0.29, 0.717) is 24.4 Å². The smallest absolute Gasteiger partial charge is 0.253 e. The van der Waals surface area contributed by atoms with Gasteiger partial charge in [-0.2, -0.15) is 0 Å². The van der Waals surface area contributed by atoms with E-state index in [0.717, 1.165) is 0 Å². The topological polar surface area (TPSA) is 77.2 Å². The summed E-state index contributed by atoms with van der Waals surface area (Å²) in [5.41, 5.74) is 6.39. The third-order valence-corrected chi connectivity index (χ3v) is 1.69. The third-order valence-electron chi connectivity index (χ3n) is 1.69. The maximum atomic E-state index is 11.5. The normalized spacial score (nSPS) is 9.79. The Labute approximate surface area is 82.3 Å². The van der Waals surface area contributed by atoms with Gasteiger partial charge in [-0.1, -0.05) is 0 Å². The molecular weight excluding hydrogens is 182 g/mol. The average Bonchev–Trinajstić information content (AvgIpc) is 2.18. The second-order valence-electron chi connectivity index (χ2n) is 2.71. The minimum atomic E-state index is -0.207. The summed E-state index contributed by atoms with van der Waals surface area (Å²) in [6.45, 7) is 0.952. The zero-order valence-corrected chi connectivity index (χ0v) is 7.99. The van der Waals surface area contributed by atoms with Gasteiger partial charge in [0.05, 0.1) is 24.1 Å². The Kier molecular flexibility index (Phi) is 3.87. The van der Waals surface area contributed by atoms with Gasteiger partial charge in [0.25, 0.3) is 5.91 Å². The Bertz CT molecular complexity index is 315. The van der Waals surface area contributed by atoms with Crippen molar-refractivity contribution in [3.8, 4) is 0 Å². The van der Waals surface area contributed by atoms with Crippen LogP contribution in [0.4, 0.5) is 5.69 Å². The number of nitrogens with zero attached hydrogens (tertiary/aromatic N) is 1. The lowest BCUT2D eigenvalue weighted by Crippen LogP contribution is -2.27. The number of nitrogen functional groups attached to an aromatic ring is 1. The maximum Gasteiger partial charge on any atom is 0.253 e. The highest BCUT2D eigenvalue weighted by Crippen LogP contribution is 2.07. The minimum Gasteiger partial charge on any atom is -0.397 e. The van der Waals surface area contributed by atoms with Crippen molar-refractivity contribution >= 4 is 11.6 Å². The van der Waals surface area contributed by atoms with Crippen molar-refractivity contribution in [3.63, 3.8) is 0 Å². The maximum absolute atomic E-state index is 11.5. The number of nitrogens with two attached hydrogens (primary N) is 1. The molecule has 0 fully saturated rings. The number of carbonyl (C=O) groups excluding carboxylic acids is 1. The summed E-state index contributed by atoms with van der Waals surface area (Å²) < 4.78 is 4.80. The Morgan fingerprint density at radius 1 is 1.71 bits per heavy atom. The van der Waals surface area contributed by atoms with Gasteiger partial charge in [-0.15, -0.1) is 0 Å². The molecule has 1 aromatic rings. The second-order valence-corrected chi connectivity index (χ2v) is 2.71. The predicted octanol–water partition coefficient (Wildman–Crippen LogP) is 0.0400. The summed E-state index contributed by atoms with van der Waals surface area (Å²) >= 11 is 0. The number of carbonyl (C=O) groups is 1. The van der Waals surface area contributed by atoms with Gasteiger partial charge in [-0.3, -0.25) is 9.78 Å². The Hall–Kier alpha value is -1.62. The van der Waals surface area contributed by atoms with Crippen LogP contribution in [-0.4, -0.2) is 31.2 Å². The van der Waals surface area contributed by atoms with Gasteiger partial charge in [0.2, 0.25) is 0 Å². The Morgan fingerprint density at radius 3 is 3.14 bits per heavy atom. The molecule has 5 heteroatoms. The summed E-state index contributed by atoms with van der Waals surface area (Å²) in [5, 5.41) is 2.67. The largest absolute Gasteiger partial charge is 0.397 e. The van der Waals surface area contributed by atoms with E-state index < -0.39 is 0 Å². The lowest BCUT2D eigenvalue weighted by atomic mass is 10.2. The predicted molar refractivity (Wildman–Crippen MR) is 52.9 cm³/mol. The second kappa shape index (κ2) is 5.18. The van der Waals surface area contributed by atoms with Crippen molar-refractivity contribution in [3.05, 3.63) is 24.0 Å². The highest BCUT2D eigenvalue weighted by atomic mass is 16.5. The first-order chi connectivity index (χ1) is 6.75. The number of pyridine rings is 1. The van der Waals surface area contributed by atoms with Crippen molar-refractivity contribution in [2.75, 3.05) is 26.0 Å². The molecule has 0 radical (unpaired) electrons. The zero-order valence-electron chi connectivity index (χ0n) is 7.99. The van der Waals surface area contributed by atoms with Crippen LogP contribution in [0.3, 0.4) is 0 Å². The van der Waals surface area contributed by atoms with E-state index in [1.807, 2.05) is 0 Å². The molecular formula is C9H13N3O2. The van der Waals surface area contributed by atoms with Crippen molar-refractivity contribution in [2.45, 2.75) is 0 Å². The molecule has 3 N–H and O–H groups in total. The van der Waals surface area contributed by atoms with E-state index in [1.54, 1.807) is 13.2 Å². The van der Waals surface area contributed by atoms with Gasteiger partial charge >= 0.3 is 0 Å². The van der Waals surface area contributed by atoms with Crippen molar-refractivity contribution in [1.82, 2.24) is 10.3 Å².